The fourth-order valence-corrected chi connectivity index (χ4v) is 2.47. The summed E-state index contributed by atoms with van der Waals surface area (Å²) >= 11 is 0. The van der Waals surface area contributed by atoms with Crippen LogP contribution in [0.1, 0.15) is 46.0 Å². The predicted octanol–water partition coefficient (Wildman–Crippen LogP) is 0.844. The minimum Gasteiger partial charge on any atom is -0.481 e. The van der Waals surface area contributed by atoms with Crippen molar-refractivity contribution in [3.05, 3.63) is 0 Å². The van der Waals surface area contributed by atoms with E-state index >= 15 is 0 Å². The van der Waals surface area contributed by atoms with Crippen LogP contribution in [-0.2, 0) is 9.59 Å². The van der Waals surface area contributed by atoms with Crippen molar-refractivity contribution in [1.29, 1.82) is 0 Å². The molecule has 0 saturated heterocycles. The van der Waals surface area contributed by atoms with Crippen LogP contribution in [0, 0.1) is 5.92 Å². The van der Waals surface area contributed by atoms with Gasteiger partial charge in [-0.15, -0.1) is 0 Å². The number of nitrogens with one attached hydrogen (secondary N) is 3. The number of hydrogen-bond donors (Lipinski definition) is 4. The van der Waals surface area contributed by atoms with E-state index in [9.17, 15) is 14.4 Å². The van der Waals surface area contributed by atoms with Gasteiger partial charge in [0.1, 0.15) is 6.04 Å². The molecule has 3 unspecified atom stereocenters. The Hall–Kier alpha value is -1.79. The second-order valence-corrected chi connectivity index (χ2v) is 5.47. The zero-order valence-corrected chi connectivity index (χ0v) is 12.6. The highest BCUT2D eigenvalue weighted by atomic mass is 16.4. The van der Waals surface area contributed by atoms with Gasteiger partial charge in [-0.25, -0.2) is 4.79 Å². The van der Waals surface area contributed by atoms with Gasteiger partial charge in [-0.1, -0.05) is 19.8 Å². The molecule has 0 aliphatic heterocycles. The van der Waals surface area contributed by atoms with Crippen molar-refractivity contribution >= 4 is 17.9 Å². The molecule has 0 radical (unpaired) electrons. The molecule has 0 spiro atoms. The van der Waals surface area contributed by atoms with Crippen LogP contribution in [0.15, 0.2) is 0 Å². The van der Waals surface area contributed by atoms with Crippen molar-refractivity contribution in [3.63, 3.8) is 0 Å². The molecule has 120 valence electrons. The summed E-state index contributed by atoms with van der Waals surface area (Å²) in [7, 11) is 0. The molecule has 1 rings (SSSR count). The molecule has 1 saturated carbocycles. The third-order valence-corrected chi connectivity index (χ3v) is 3.69. The molecule has 7 heteroatoms. The lowest BCUT2D eigenvalue weighted by Gasteiger charge is -2.29. The van der Waals surface area contributed by atoms with E-state index in [1.54, 1.807) is 6.92 Å². The minimum absolute atomic E-state index is 0.245. The number of carboxylic acid groups (broad SMARTS) is 1. The van der Waals surface area contributed by atoms with Gasteiger partial charge in [0, 0.05) is 12.6 Å². The third kappa shape index (κ3) is 5.61. The highest BCUT2D eigenvalue weighted by molar-refractivity contribution is 5.86. The maximum absolute atomic E-state index is 11.9. The zero-order chi connectivity index (χ0) is 15.8. The summed E-state index contributed by atoms with van der Waals surface area (Å²) in [6.07, 6.45) is 3.83. The van der Waals surface area contributed by atoms with Gasteiger partial charge in [0.2, 0.25) is 5.91 Å². The van der Waals surface area contributed by atoms with Gasteiger partial charge in [0.15, 0.2) is 0 Å². The summed E-state index contributed by atoms with van der Waals surface area (Å²) < 4.78 is 0. The van der Waals surface area contributed by atoms with Crippen LogP contribution in [0.4, 0.5) is 4.79 Å². The monoisotopic (exact) mass is 299 g/mol. The van der Waals surface area contributed by atoms with Crippen LogP contribution in [0.5, 0.6) is 0 Å². The van der Waals surface area contributed by atoms with Crippen LogP contribution in [-0.4, -0.2) is 41.6 Å². The SMILES string of the molecule is CCCNC(=O)C(C)NC(=O)NC1CCCCC1C(=O)O. The Morgan fingerprint density at radius 3 is 2.52 bits per heavy atom. The molecule has 3 amide bonds. The van der Waals surface area contributed by atoms with Gasteiger partial charge in [0.25, 0.3) is 0 Å². The van der Waals surface area contributed by atoms with Crippen LogP contribution in [0.3, 0.4) is 0 Å². The highest BCUT2D eigenvalue weighted by Gasteiger charge is 2.32. The molecule has 1 fully saturated rings. The van der Waals surface area contributed by atoms with E-state index < -0.39 is 24.0 Å². The Bertz CT molecular complexity index is 386. The van der Waals surface area contributed by atoms with E-state index in [2.05, 4.69) is 16.0 Å². The Morgan fingerprint density at radius 1 is 1.24 bits per heavy atom. The van der Waals surface area contributed by atoms with E-state index in [0.29, 0.717) is 19.4 Å². The van der Waals surface area contributed by atoms with Crippen LogP contribution < -0.4 is 16.0 Å². The second-order valence-electron chi connectivity index (χ2n) is 5.47. The molecule has 0 aromatic carbocycles. The Labute approximate surface area is 124 Å². The van der Waals surface area contributed by atoms with Crippen molar-refractivity contribution in [2.45, 2.75) is 58.0 Å². The lowest BCUT2D eigenvalue weighted by atomic mass is 9.84. The first-order chi connectivity index (χ1) is 9.95. The summed E-state index contributed by atoms with van der Waals surface area (Å²) in [6.45, 7) is 4.11. The minimum atomic E-state index is -0.881. The lowest BCUT2D eigenvalue weighted by Crippen LogP contribution is -2.53. The lowest BCUT2D eigenvalue weighted by molar-refractivity contribution is -0.143. The maximum atomic E-state index is 11.9. The summed E-state index contributed by atoms with van der Waals surface area (Å²) in [5, 5.41) is 17.1. The van der Waals surface area contributed by atoms with E-state index in [-0.39, 0.29) is 11.9 Å². The van der Waals surface area contributed by atoms with Gasteiger partial charge in [-0.3, -0.25) is 9.59 Å². The third-order valence-electron chi connectivity index (χ3n) is 3.69. The summed E-state index contributed by atoms with van der Waals surface area (Å²) in [4.78, 5) is 34.7. The summed E-state index contributed by atoms with van der Waals surface area (Å²) in [6, 6.07) is -1.52. The molecule has 0 aromatic heterocycles. The molecule has 21 heavy (non-hydrogen) atoms. The first-order valence-corrected chi connectivity index (χ1v) is 7.53. The molecule has 1 aliphatic carbocycles. The zero-order valence-electron chi connectivity index (χ0n) is 12.6. The molecule has 4 N–H and O–H groups in total. The van der Waals surface area contributed by atoms with Gasteiger partial charge in [-0.2, -0.15) is 0 Å². The molecule has 3 atom stereocenters. The average molecular weight is 299 g/mol. The summed E-state index contributed by atoms with van der Waals surface area (Å²) in [5.74, 6) is -1.67. The quantitative estimate of drug-likeness (QED) is 0.583. The smallest absolute Gasteiger partial charge is 0.315 e. The summed E-state index contributed by atoms with van der Waals surface area (Å²) in [5.41, 5.74) is 0. The Morgan fingerprint density at radius 2 is 1.90 bits per heavy atom. The number of carbonyl (C=O) groups is 3. The topological polar surface area (TPSA) is 108 Å². The molecule has 7 nitrogen and oxygen atoms in total. The van der Waals surface area contributed by atoms with Gasteiger partial charge in [0.05, 0.1) is 5.92 Å². The first kappa shape index (κ1) is 17.3. The van der Waals surface area contributed by atoms with E-state index in [0.717, 1.165) is 19.3 Å². The standard InChI is InChI=1S/C14H25N3O4/c1-3-8-15-12(18)9(2)16-14(21)17-11-7-5-4-6-10(11)13(19)20/h9-11H,3-8H2,1-2H3,(H,15,18)(H,19,20)(H2,16,17,21). The molecule has 0 heterocycles. The fourth-order valence-electron chi connectivity index (χ4n) is 2.47. The molecule has 1 aliphatic rings. The number of urea groups is 1. The van der Waals surface area contributed by atoms with E-state index in [1.165, 1.54) is 0 Å². The largest absolute Gasteiger partial charge is 0.481 e. The highest BCUT2D eigenvalue weighted by Crippen LogP contribution is 2.24. The number of aliphatic carboxylic acids is 1. The Kier molecular flexibility index (Phi) is 6.98. The predicted molar refractivity (Wildman–Crippen MR) is 77.8 cm³/mol. The van der Waals surface area contributed by atoms with E-state index in [1.807, 2.05) is 6.92 Å². The van der Waals surface area contributed by atoms with Crippen molar-refractivity contribution in [3.8, 4) is 0 Å². The van der Waals surface area contributed by atoms with Crippen molar-refractivity contribution in [1.82, 2.24) is 16.0 Å². The number of rotatable bonds is 6. The van der Waals surface area contributed by atoms with Gasteiger partial charge < -0.3 is 21.1 Å². The average Bonchev–Trinajstić information content (AvgIpc) is 2.44. The molecule has 0 aromatic rings. The van der Waals surface area contributed by atoms with Gasteiger partial charge >= 0.3 is 12.0 Å². The maximum Gasteiger partial charge on any atom is 0.315 e. The number of carboxylic acids is 1. The van der Waals surface area contributed by atoms with E-state index in [4.69, 9.17) is 5.11 Å². The van der Waals surface area contributed by atoms with Crippen LogP contribution in [0.2, 0.25) is 0 Å². The number of carbonyl (C=O) groups excluding carboxylic acids is 2. The van der Waals surface area contributed by atoms with Crippen molar-refractivity contribution in [2.24, 2.45) is 5.92 Å². The normalized spacial score (nSPS) is 23.0. The van der Waals surface area contributed by atoms with Crippen molar-refractivity contribution < 1.29 is 19.5 Å². The number of hydrogen-bond acceptors (Lipinski definition) is 3. The Balaban J connectivity index is 2.44. The van der Waals surface area contributed by atoms with Crippen LogP contribution >= 0.6 is 0 Å². The van der Waals surface area contributed by atoms with Crippen molar-refractivity contribution in [2.75, 3.05) is 6.54 Å². The molecule has 0 bridgehead atoms. The molecular weight excluding hydrogens is 274 g/mol. The fraction of sp³-hybridized carbons (Fsp3) is 0.786. The number of amides is 3. The second kappa shape index (κ2) is 8.49. The first-order valence-electron chi connectivity index (χ1n) is 7.53. The molecular formula is C14H25N3O4. The van der Waals surface area contributed by atoms with Gasteiger partial charge in [-0.05, 0) is 26.2 Å². The van der Waals surface area contributed by atoms with Crippen LogP contribution in [0.25, 0.3) is 0 Å².